The molecule has 0 bridgehead atoms. The highest BCUT2D eigenvalue weighted by Crippen LogP contribution is 2.30. The van der Waals surface area contributed by atoms with Gasteiger partial charge < -0.3 is 0 Å². The lowest BCUT2D eigenvalue weighted by Gasteiger charge is -2.06. The van der Waals surface area contributed by atoms with Crippen LogP contribution < -0.4 is 0 Å². The molecule has 0 spiro atoms. The van der Waals surface area contributed by atoms with E-state index in [0.29, 0.717) is 6.54 Å². The summed E-state index contributed by atoms with van der Waals surface area (Å²) in [7, 11) is 0. The maximum absolute atomic E-state index is 13.2. The number of rotatable bonds is 4. The summed E-state index contributed by atoms with van der Waals surface area (Å²) in [5, 5.41) is 4.68. The minimum absolute atomic E-state index is 0.259. The molecule has 0 N–H and O–H groups in total. The Bertz CT molecular complexity index is 1030. The first kappa shape index (κ1) is 16.7. The Morgan fingerprint density at radius 3 is 2.46 bits per heavy atom. The summed E-state index contributed by atoms with van der Waals surface area (Å²) in [6, 6.07) is 20.5. The summed E-state index contributed by atoms with van der Waals surface area (Å²) < 4.78 is 15.9. The molecule has 0 aliphatic heterocycles. The van der Waals surface area contributed by atoms with Gasteiger partial charge in [0, 0.05) is 28.0 Å². The second kappa shape index (κ2) is 7.22. The second-order valence-corrected chi connectivity index (χ2v) is 6.79. The van der Waals surface area contributed by atoms with Gasteiger partial charge >= 0.3 is 0 Å². The summed E-state index contributed by atoms with van der Waals surface area (Å²) >= 11 is 3.56. The van der Waals surface area contributed by atoms with Crippen LogP contribution >= 0.6 is 15.9 Å². The van der Waals surface area contributed by atoms with Gasteiger partial charge in [0.25, 0.3) is 0 Å². The quantitative estimate of drug-likeness (QED) is 0.443. The first-order chi connectivity index (χ1) is 12.7. The molecule has 3 nitrogen and oxygen atoms in total. The Morgan fingerprint density at radius 2 is 1.69 bits per heavy atom. The number of nitrogens with zero attached hydrogens (tertiary/aromatic N) is 3. The van der Waals surface area contributed by atoms with Gasteiger partial charge in [-0.1, -0.05) is 30.3 Å². The average molecular weight is 408 g/mol. The first-order valence-electron chi connectivity index (χ1n) is 8.18. The zero-order valence-corrected chi connectivity index (χ0v) is 15.4. The van der Waals surface area contributed by atoms with Crippen molar-refractivity contribution in [2.45, 2.75) is 6.54 Å². The van der Waals surface area contributed by atoms with Crippen molar-refractivity contribution in [2.75, 3.05) is 0 Å². The Labute approximate surface area is 159 Å². The van der Waals surface area contributed by atoms with Crippen molar-refractivity contribution in [1.82, 2.24) is 14.8 Å². The molecule has 0 fully saturated rings. The molecule has 0 aliphatic rings. The van der Waals surface area contributed by atoms with E-state index >= 15 is 0 Å². The third-order valence-corrected chi connectivity index (χ3v) is 4.73. The summed E-state index contributed by atoms with van der Waals surface area (Å²) in [6.07, 6.45) is 3.72. The maximum atomic E-state index is 13.2. The molecule has 2 aromatic heterocycles. The fourth-order valence-corrected chi connectivity index (χ4v) is 3.20. The lowest BCUT2D eigenvalue weighted by molar-refractivity contribution is 0.628. The van der Waals surface area contributed by atoms with Crippen LogP contribution in [0.25, 0.3) is 22.5 Å². The highest BCUT2D eigenvalue weighted by Gasteiger charge is 2.10. The number of hydrogen-bond acceptors (Lipinski definition) is 2. The van der Waals surface area contributed by atoms with Crippen LogP contribution in [-0.2, 0) is 6.54 Å². The van der Waals surface area contributed by atoms with E-state index in [2.05, 4.69) is 38.1 Å². The molecule has 0 unspecified atom stereocenters. The molecule has 0 aliphatic carbocycles. The molecule has 4 rings (SSSR count). The Morgan fingerprint density at radius 1 is 0.923 bits per heavy atom. The Balaban J connectivity index is 1.65. The predicted octanol–water partition coefficient (Wildman–Crippen LogP) is 5.56. The van der Waals surface area contributed by atoms with E-state index in [1.165, 1.54) is 17.7 Å². The van der Waals surface area contributed by atoms with Crippen molar-refractivity contribution in [3.8, 4) is 22.5 Å². The highest BCUT2D eigenvalue weighted by atomic mass is 79.9. The Kier molecular flexibility index (Phi) is 4.63. The zero-order valence-electron chi connectivity index (χ0n) is 13.8. The molecule has 0 saturated heterocycles. The maximum Gasteiger partial charge on any atom is 0.123 e. The van der Waals surface area contributed by atoms with Crippen LogP contribution in [0.5, 0.6) is 0 Å². The highest BCUT2D eigenvalue weighted by molar-refractivity contribution is 9.10. The van der Waals surface area contributed by atoms with Crippen LogP contribution in [0.3, 0.4) is 0 Å². The summed E-state index contributed by atoms with van der Waals surface area (Å²) in [5.74, 6) is -0.259. The molecular weight excluding hydrogens is 393 g/mol. The van der Waals surface area contributed by atoms with Crippen molar-refractivity contribution >= 4 is 15.9 Å². The smallest absolute Gasteiger partial charge is 0.123 e. The van der Waals surface area contributed by atoms with E-state index in [4.69, 9.17) is 0 Å². The average Bonchev–Trinajstić information content (AvgIpc) is 3.12. The monoisotopic (exact) mass is 407 g/mol. The van der Waals surface area contributed by atoms with Gasteiger partial charge in [-0.15, -0.1) is 0 Å². The van der Waals surface area contributed by atoms with Crippen molar-refractivity contribution in [3.63, 3.8) is 0 Å². The van der Waals surface area contributed by atoms with Gasteiger partial charge in [0.15, 0.2) is 0 Å². The van der Waals surface area contributed by atoms with E-state index < -0.39 is 0 Å². The fraction of sp³-hybridized carbons (Fsp3) is 0.0476. The van der Waals surface area contributed by atoms with Crippen LogP contribution in [0.1, 0.15) is 5.56 Å². The molecule has 5 heteroatoms. The SMILES string of the molecule is Fc1ccc(-c2cc(-c3ccn(Cc4ccccc4)n3)c(Br)cn2)cc1. The lowest BCUT2D eigenvalue weighted by Crippen LogP contribution is -2.00. The van der Waals surface area contributed by atoms with Crippen LogP contribution in [0, 0.1) is 5.82 Å². The number of benzene rings is 2. The molecular formula is C21H15BrFN3. The molecule has 0 amide bonds. The topological polar surface area (TPSA) is 30.7 Å². The van der Waals surface area contributed by atoms with E-state index in [1.807, 2.05) is 41.2 Å². The second-order valence-electron chi connectivity index (χ2n) is 5.94. The molecule has 2 aromatic carbocycles. The fourth-order valence-electron chi connectivity index (χ4n) is 2.78. The summed E-state index contributed by atoms with van der Waals surface area (Å²) in [6.45, 7) is 0.717. The summed E-state index contributed by atoms with van der Waals surface area (Å²) in [5.41, 5.74) is 4.65. The Hall–Kier alpha value is -2.79. The van der Waals surface area contributed by atoms with Crippen molar-refractivity contribution in [3.05, 3.63) is 95.0 Å². The van der Waals surface area contributed by atoms with Crippen LogP contribution in [0.2, 0.25) is 0 Å². The van der Waals surface area contributed by atoms with Gasteiger partial charge in [-0.25, -0.2) is 4.39 Å². The minimum atomic E-state index is -0.259. The van der Waals surface area contributed by atoms with Gasteiger partial charge in [-0.05, 0) is 57.9 Å². The molecule has 4 aromatic rings. The van der Waals surface area contributed by atoms with E-state index in [9.17, 15) is 4.39 Å². The number of pyridine rings is 1. The van der Waals surface area contributed by atoms with E-state index in [0.717, 1.165) is 27.0 Å². The molecule has 26 heavy (non-hydrogen) atoms. The van der Waals surface area contributed by atoms with Gasteiger partial charge in [-0.3, -0.25) is 9.67 Å². The van der Waals surface area contributed by atoms with Crippen molar-refractivity contribution < 1.29 is 4.39 Å². The van der Waals surface area contributed by atoms with Crippen molar-refractivity contribution in [1.29, 1.82) is 0 Å². The van der Waals surface area contributed by atoms with Crippen LogP contribution in [-0.4, -0.2) is 14.8 Å². The molecule has 2 heterocycles. The van der Waals surface area contributed by atoms with E-state index in [1.54, 1.807) is 18.3 Å². The number of halogens is 2. The third-order valence-electron chi connectivity index (χ3n) is 4.10. The standard InChI is InChI=1S/C21H15BrFN3/c22-19-13-24-21(16-6-8-17(23)9-7-16)12-18(19)20-10-11-26(25-20)14-15-4-2-1-3-5-15/h1-13H,14H2. The predicted molar refractivity (Wildman–Crippen MR) is 104 cm³/mol. The molecule has 0 radical (unpaired) electrons. The van der Waals surface area contributed by atoms with Gasteiger partial charge in [0.05, 0.1) is 17.9 Å². The number of aromatic nitrogens is 3. The van der Waals surface area contributed by atoms with Crippen LogP contribution in [0.15, 0.2) is 83.6 Å². The van der Waals surface area contributed by atoms with Gasteiger partial charge in [-0.2, -0.15) is 5.10 Å². The van der Waals surface area contributed by atoms with Gasteiger partial charge in [0.2, 0.25) is 0 Å². The van der Waals surface area contributed by atoms with E-state index in [-0.39, 0.29) is 5.82 Å². The molecule has 0 atom stereocenters. The normalized spacial score (nSPS) is 10.8. The third kappa shape index (κ3) is 3.58. The van der Waals surface area contributed by atoms with Crippen molar-refractivity contribution in [2.24, 2.45) is 0 Å². The molecule has 128 valence electrons. The minimum Gasteiger partial charge on any atom is -0.268 e. The lowest BCUT2D eigenvalue weighted by atomic mass is 10.1. The zero-order chi connectivity index (χ0) is 17.9. The van der Waals surface area contributed by atoms with Gasteiger partial charge in [0.1, 0.15) is 5.82 Å². The molecule has 0 saturated carbocycles. The summed E-state index contributed by atoms with van der Waals surface area (Å²) in [4.78, 5) is 4.43. The number of hydrogen-bond donors (Lipinski definition) is 0. The van der Waals surface area contributed by atoms with Crippen LogP contribution in [0.4, 0.5) is 4.39 Å². The first-order valence-corrected chi connectivity index (χ1v) is 8.97. The largest absolute Gasteiger partial charge is 0.268 e.